The molecule has 5 nitrogen and oxygen atoms in total. The van der Waals surface area contributed by atoms with Crippen LogP contribution in [-0.2, 0) is 6.61 Å². The number of H-pyrrole nitrogens is 1. The summed E-state index contributed by atoms with van der Waals surface area (Å²) in [5.41, 5.74) is 5.41. The largest absolute Gasteiger partial charge is 0.489 e. The number of nitrogens with one attached hydrogen (secondary N) is 1. The quantitative estimate of drug-likeness (QED) is 0.334. The first kappa shape index (κ1) is 22.2. The second kappa shape index (κ2) is 9.35. The minimum absolute atomic E-state index is 0.00792. The number of aromatic nitrogens is 2. The topological polar surface area (TPSA) is 58.2 Å². The second-order valence-corrected chi connectivity index (χ2v) is 9.40. The Morgan fingerprint density at radius 3 is 2.38 bits per heavy atom. The zero-order chi connectivity index (χ0) is 23.7. The van der Waals surface area contributed by atoms with E-state index in [0.717, 1.165) is 33.7 Å². The lowest BCUT2D eigenvalue weighted by molar-refractivity contribution is 0.0722. The Morgan fingerprint density at radius 2 is 1.71 bits per heavy atom. The van der Waals surface area contributed by atoms with Crippen LogP contribution in [-0.4, -0.2) is 27.5 Å². The predicted molar refractivity (Wildman–Crippen MR) is 134 cm³/mol. The van der Waals surface area contributed by atoms with Gasteiger partial charge < -0.3 is 9.64 Å². The van der Waals surface area contributed by atoms with Crippen LogP contribution in [0.4, 0.5) is 0 Å². The smallest absolute Gasteiger partial charge is 0.273 e. The molecule has 0 radical (unpaired) electrons. The van der Waals surface area contributed by atoms with Gasteiger partial charge in [0.15, 0.2) is 0 Å². The maximum Gasteiger partial charge on any atom is 0.273 e. The van der Waals surface area contributed by atoms with Crippen molar-refractivity contribution in [3.8, 4) is 17.0 Å². The molecule has 0 bridgehead atoms. The van der Waals surface area contributed by atoms with E-state index in [1.807, 2.05) is 83.8 Å². The molecule has 1 aliphatic rings. The summed E-state index contributed by atoms with van der Waals surface area (Å²) in [6, 6.07) is 25.4. The molecule has 1 aromatic heterocycles. The van der Waals surface area contributed by atoms with Crippen LogP contribution in [0.15, 0.2) is 78.9 Å². The highest BCUT2D eigenvalue weighted by atomic mass is 35.5. The van der Waals surface area contributed by atoms with E-state index in [-0.39, 0.29) is 11.9 Å². The molecular formula is C28H26ClN3O2. The van der Waals surface area contributed by atoms with E-state index in [4.69, 9.17) is 16.3 Å². The van der Waals surface area contributed by atoms with Gasteiger partial charge in [-0.05, 0) is 41.3 Å². The third-order valence-electron chi connectivity index (χ3n) is 5.99. The Kier molecular flexibility index (Phi) is 6.12. The van der Waals surface area contributed by atoms with Gasteiger partial charge in [0, 0.05) is 22.7 Å². The van der Waals surface area contributed by atoms with Crippen LogP contribution in [0.25, 0.3) is 11.3 Å². The van der Waals surface area contributed by atoms with Gasteiger partial charge in [-0.25, -0.2) is 0 Å². The van der Waals surface area contributed by atoms with Crippen molar-refractivity contribution in [1.29, 1.82) is 0 Å². The van der Waals surface area contributed by atoms with E-state index in [1.165, 1.54) is 0 Å². The Labute approximate surface area is 204 Å². The molecule has 1 aliphatic heterocycles. The Balaban J connectivity index is 1.45. The second-order valence-electron chi connectivity index (χ2n) is 8.96. The number of fused-ring (bicyclic) bond motifs is 1. The molecule has 2 heterocycles. The summed E-state index contributed by atoms with van der Waals surface area (Å²) in [4.78, 5) is 15.3. The van der Waals surface area contributed by atoms with E-state index < -0.39 is 0 Å². The molecule has 1 atom stereocenters. The number of halogens is 1. The summed E-state index contributed by atoms with van der Waals surface area (Å²) < 4.78 is 5.97. The van der Waals surface area contributed by atoms with Crippen LogP contribution in [0.3, 0.4) is 0 Å². The molecule has 34 heavy (non-hydrogen) atoms. The predicted octanol–water partition coefficient (Wildman–Crippen LogP) is 6.51. The highest BCUT2D eigenvalue weighted by Gasteiger charge is 2.42. The third-order valence-corrected chi connectivity index (χ3v) is 6.24. The average molecular weight is 472 g/mol. The minimum atomic E-state index is -0.204. The van der Waals surface area contributed by atoms with Crippen LogP contribution in [0.1, 0.15) is 47.1 Å². The molecule has 0 fully saturated rings. The molecular weight excluding hydrogens is 446 g/mol. The summed E-state index contributed by atoms with van der Waals surface area (Å²) in [6.07, 6.45) is 0. The molecule has 1 N–H and O–H groups in total. The highest BCUT2D eigenvalue weighted by Crippen LogP contribution is 2.43. The van der Waals surface area contributed by atoms with Gasteiger partial charge in [0.25, 0.3) is 5.91 Å². The molecule has 0 spiro atoms. The van der Waals surface area contributed by atoms with Crippen molar-refractivity contribution in [1.82, 2.24) is 15.1 Å². The van der Waals surface area contributed by atoms with E-state index in [2.05, 4.69) is 24.0 Å². The maximum absolute atomic E-state index is 13.3. The number of ether oxygens (including phenoxy) is 1. The number of nitrogens with zero attached hydrogens (tertiary/aromatic N) is 2. The van der Waals surface area contributed by atoms with Crippen molar-refractivity contribution in [3.05, 3.63) is 106 Å². The lowest BCUT2D eigenvalue weighted by Crippen LogP contribution is -2.32. The van der Waals surface area contributed by atoms with Gasteiger partial charge in [0.05, 0.1) is 11.7 Å². The number of carbonyl (C=O) groups is 1. The van der Waals surface area contributed by atoms with Gasteiger partial charge in [0.1, 0.15) is 18.1 Å². The number of rotatable bonds is 7. The van der Waals surface area contributed by atoms with Gasteiger partial charge in [-0.2, -0.15) is 5.10 Å². The first-order chi connectivity index (χ1) is 16.5. The number of benzene rings is 3. The fraction of sp³-hybridized carbons (Fsp3) is 0.214. The standard InChI is InChI=1S/C28H26ClN3O2/c1-18(2)16-32-27(24-25(20-6-4-3-5-7-20)30-31-26(24)28(32)33)21-10-14-23(15-11-21)34-17-19-8-12-22(29)13-9-19/h3-15,18,27H,16-17H2,1-2H3,(H,30,31). The number of carbonyl (C=O) groups excluding carboxylic acids is 1. The summed E-state index contributed by atoms with van der Waals surface area (Å²) >= 11 is 5.96. The highest BCUT2D eigenvalue weighted by molar-refractivity contribution is 6.30. The average Bonchev–Trinajstić information content (AvgIpc) is 3.39. The fourth-order valence-electron chi connectivity index (χ4n) is 4.43. The van der Waals surface area contributed by atoms with Gasteiger partial charge in [-0.3, -0.25) is 9.89 Å². The van der Waals surface area contributed by atoms with Crippen molar-refractivity contribution in [2.45, 2.75) is 26.5 Å². The van der Waals surface area contributed by atoms with E-state index in [9.17, 15) is 4.79 Å². The Hall–Kier alpha value is -3.57. The fourth-order valence-corrected chi connectivity index (χ4v) is 4.56. The van der Waals surface area contributed by atoms with Crippen molar-refractivity contribution in [2.24, 2.45) is 5.92 Å². The molecule has 0 saturated carbocycles. The molecule has 1 amide bonds. The van der Waals surface area contributed by atoms with Crippen LogP contribution >= 0.6 is 11.6 Å². The van der Waals surface area contributed by atoms with Crippen LogP contribution in [0, 0.1) is 5.92 Å². The van der Waals surface area contributed by atoms with E-state index >= 15 is 0 Å². The molecule has 0 saturated heterocycles. The van der Waals surface area contributed by atoms with Crippen molar-refractivity contribution in [3.63, 3.8) is 0 Å². The number of hydrogen-bond acceptors (Lipinski definition) is 3. The van der Waals surface area contributed by atoms with Gasteiger partial charge in [-0.15, -0.1) is 0 Å². The van der Waals surface area contributed by atoms with Crippen molar-refractivity contribution < 1.29 is 9.53 Å². The van der Waals surface area contributed by atoms with Gasteiger partial charge in [-0.1, -0.05) is 80.0 Å². The molecule has 3 aromatic carbocycles. The molecule has 172 valence electrons. The molecule has 6 heteroatoms. The minimum Gasteiger partial charge on any atom is -0.489 e. The molecule has 5 rings (SSSR count). The number of aromatic amines is 1. The SMILES string of the molecule is CC(C)CN1C(=O)c2[nH]nc(-c3ccccc3)c2C1c1ccc(OCc2ccc(Cl)cc2)cc1. The Morgan fingerprint density at radius 1 is 1.00 bits per heavy atom. The summed E-state index contributed by atoms with van der Waals surface area (Å²) in [7, 11) is 0. The van der Waals surface area contributed by atoms with Gasteiger partial charge in [0.2, 0.25) is 0 Å². The zero-order valence-corrected chi connectivity index (χ0v) is 19.9. The summed E-state index contributed by atoms with van der Waals surface area (Å²) in [5.74, 6) is 1.10. The monoisotopic (exact) mass is 471 g/mol. The maximum atomic E-state index is 13.3. The summed E-state index contributed by atoms with van der Waals surface area (Å²) in [6.45, 7) is 5.37. The molecule has 4 aromatic rings. The molecule has 1 unspecified atom stereocenters. The lowest BCUT2D eigenvalue weighted by atomic mass is 9.95. The third kappa shape index (κ3) is 4.31. The molecule has 0 aliphatic carbocycles. The number of amides is 1. The Bertz CT molecular complexity index is 1280. The van der Waals surface area contributed by atoms with Crippen LogP contribution in [0.5, 0.6) is 5.75 Å². The zero-order valence-electron chi connectivity index (χ0n) is 19.2. The van der Waals surface area contributed by atoms with Crippen LogP contribution in [0.2, 0.25) is 5.02 Å². The first-order valence-electron chi connectivity index (χ1n) is 11.4. The van der Waals surface area contributed by atoms with Crippen molar-refractivity contribution in [2.75, 3.05) is 6.54 Å². The number of hydrogen-bond donors (Lipinski definition) is 1. The van der Waals surface area contributed by atoms with E-state index in [0.29, 0.717) is 29.8 Å². The normalized spacial score (nSPS) is 15.1. The van der Waals surface area contributed by atoms with Crippen LogP contribution < -0.4 is 4.74 Å². The van der Waals surface area contributed by atoms with Gasteiger partial charge >= 0.3 is 0 Å². The first-order valence-corrected chi connectivity index (χ1v) is 11.8. The van der Waals surface area contributed by atoms with Crippen molar-refractivity contribution >= 4 is 17.5 Å². The summed E-state index contributed by atoms with van der Waals surface area (Å²) in [5, 5.41) is 8.25. The van der Waals surface area contributed by atoms with E-state index in [1.54, 1.807) is 0 Å². The lowest BCUT2D eigenvalue weighted by Gasteiger charge is -2.28.